The Balaban J connectivity index is 1.60. The average Bonchev–Trinajstić information content (AvgIpc) is 3.14. The lowest BCUT2D eigenvalue weighted by Gasteiger charge is -2.57. The Morgan fingerprint density at radius 2 is 1.57 bits per heavy atom. The van der Waals surface area contributed by atoms with E-state index < -0.39 is 8.32 Å². The van der Waals surface area contributed by atoms with E-state index in [0.717, 1.165) is 44.9 Å². The SMILES string of the molecule is COC(=O)[C@H]1CC[C@H]2[C@@H]3C(=O)C=C4CC(O[Si](C(C)C)(C(C)C)C(C)C)CC[C@]4(C)[C@H]3CC[C@]12C. The van der Waals surface area contributed by atoms with Gasteiger partial charge in [-0.1, -0.05) is 61.0 Å². The molecule has 0 saturated heterocycles. The predicted octanol–water partition coefficient (Wildman–Crippen LogP) is 7.48. The van der Waals surface area contributed by atoms with Crippen LogP contribution in [0.25, 0.3) is 0 Å². The minimum atomic E-state index is -1.95. The molecule has 3 fully saturated rings. The molecule has 0 amide bonds. The van der Waals surface area contributed by atoms with Crippen LogP contribution in [0.5, 0.6) is 0 Å². The molecule has 4 rings (SSSR count). The fourth-order valence-corrected chi connectivity index (χ4v) is 15.3. The zero-order chi connectivity index (χ0) is 25.9. The number of esters is 1. The van der Waals surface area contributed by atoms with Crippen molar-refractivity contribution in [2.24, 2.45) is 34.5 Å². The van der Waals surface area contributed by atoms with Gasteiger partial charge < -0.3 is 9.16 Å². The molecule has 3 saturated carbocycles. The first-order valence-corrected chi connectivity index (χ1v) is 16.5. The topological polar surface area (TPSA) is 52.6 Å². The lowest BCUT2D eigenvalue weighted by atomic mass is 9.47. The molecule has 0 N–H and O–H groups in total. The van der Waals surface area contributed by atoms with Crippen molar-refractivity contribution in [3.63, 3.8) is 0 Å². The summed E-state index contributed by atoms with van der Waals surface area (Å²) in [6.07, 6.45) is 9.30. The number of carbonyl (C=O) groups excluding carboxylic acids is 2. The van der Waals surface area contributed by atoms with Crippen LogP contribution in [0.3, 0.4) is 0 Å². The van der Waals surface area contributed by atoms with Crippen LogP contribution in [0.15, 0.2) is 11.6 Å². The Morgan fingerprint density at radius 3 is 2.14 bits per heavy atom. The van der Waals surface area contributed by atoms with Crippen molar-refractivity contribution in [3.05, 3.63) is 11.6 Å². The highest BCUT2D eigenvalue weighted by Gasteiger charge is 2.62. The van der Waals surface area contributed by atoms with Gasteiger partial charge >= 0.3 is 5.97 Å². The molecule has 4 aliphatic rings. The van der Waals surface area contributed by atoms with Gasteiger partial charge in [0.1, 0.15) is 0 Å². The van der Waals surface area contributed by atoms with Crippen LogP contribution < -0.4 is 0 Å². The second-order valence-corrected chi connectivity index (χ2v) is 19.1. The third-order valence-electron chi connectivity index (χ3n) is 11.5. The highest BCUT2D eigenvalue weighted by atomic mass is 28.4. The summed E-state index contributed by atoms with van der Waals surface area (Å²) < 4.78 is 12.4. The number of allylic oxidation sites excluding steroid dienone is 1. The van der Waals surface area contributed by atoms with Crippen LogP contribution in [0.2, 0.25) is 16.6 Å². The molecular weight excluding hydrogens is 452 g/mol. The van der Waals surface area contributed by atoms with Gasteiger partial charge in [0.25, 0.3) is 0 Å². The number of ketones is 1. The zero-order valence-corrected chi connectivity index (χ0v) is 24.8. The number of fused-ring (bicyclic) bond motifs is 5. The fourth-order valence-electron chi connectivity index (χ4n) is 9.70. The largest absolute Gasteiger partial charge is 0.469 e. The van der Waals surface area contributed by atoms with E-state index in [4.69, 9.17) is 9.16 Å². The summed E-state index contributed by atoms with van der Waals surface area (Å²) >= 11 is 0. The number of hydrogen-bond acceptors (Lipinski definition) is 4. The van der Waals surface area contributed by atoms with Crippen molar-refractivity contribution in [2.45, 2.75) is 123 Å². The molecule has 4 nitrogen and oxygen atoms in total. The molecule has 0 bridgehead atoms. The molecule has 7 atom stereocenters. The summed E-state index contributed by atoms with van der Waals surface area (Å²) in [4.78, 5) is 26.3. The maximum absolute atomic E-state index is 13.7. The molecule has 0 aliphatic heterocycles. The Kier molecular flexibility index (Phi) is 7.29. The molecule has 0 aromatic carbocycles. The van der Waals surface area contributed by atoms with Crippen LogP contribution in [0, 0.1) is 34.5 Å². The van der Waals surface area contributed by atoms with E-state index in [0.29, 0.717) is 34.2 Å². The van der Waals surface area contributed by atoms with E-state index in [2.05, 4.69) is 55.4 Å². The van der Waals surface area contributed by atoms with Gasteiger partial charge in [0.2, 0.25) is 8.32 Å². The number of carbonyl (C=O) groups is 2. The average molecular weight is 503 g/mol. The Hall–Kier alpha value is -0.943. The Labute approximate surface area is 215 Å². The van der Waals surface area contributed by atoms with Gasteiger partial charge in [0.15, 0.2) is 5.78 Å². The van der Waals surface area contributed by atoms with Crippen LogP contribution in [-0.2, 0) is 18.8 Å². The highest BCUT2D eigenvalue weighted by Crippen LogP contribution is 2.66. The quantitative estimate of drug-likeness (QED) is 0.279. The molecule has 0 heterocycles. The minimum absolute atomic E-state index is 0.0603. The van der Waals surface area contributed by atoms with Gasteiger partial charge in [-0.05, 0) is 90.3 Å². The third kappa shape index (κ3) is 4.02. The molecule has 5 heteroatoms. The predicted molar refractivity (Wildman–Crippen MR) is 144 cm³/mol. The molecule has 0 aromatic heterocycles. The monoisotopic (exact) mass is 502 g/mol. The minimum Gasteiger partial charge on any atom is -0.469 e. The van der Waals surface area contributed by atoms with E-state index in [9.17, 15) is 9.59 Å². The first-order valence-electron chi connectivity index (χ1n) is 14.3. The normalized spacial score (nSPS) is 39.4. The van der Waals surface area contributed by atoms with Crippen LogP contribution in [-0.4, -0.2) is 33.3 Å². The Bertz CT molecular complexity index is 854. The smallest absolute Gasteiger partial charge is 0.309 e. The lowest BCUT2D eigenvalue weighted by molar-refractivity contribution is -0.154. The standard InChI is InChI=1S/C30H50O4Si/c1-18(2)35(19(3)4,20(5)6)34-22-12-14-29(7)21(16-22)17-26(31)27-23-10-11-25(28(32)33-9)30(23,8)15-13-24(27)29/h17-20,22-25,27H,10-16H2,1-9H3/t22?,23-,24-,25+,27-,29-,30-/m0/s1. The van der Waals surface area contributed by atoms with Crippen molar-refractivity contribution in [2.75, 3.05) is 7.11 Å². The molecule has 0 spiro atoms. The second kappa shape index (κ2) is 9.42. The number of hydrogen-bond donors (Lipinski definition) is 0. The summed E-state index contributed by atoms with van der Waals surface area (Å²) in [5.74, 6) is 0.937. The summed E-state index contributed by atoms with van der Waals surface area (Å²) in [6.45, 7) is 18.8. The molecular formula is C30H50O4Si. The Morgan fingerprint density at radius 1 is 0.943 bits per heavy atom. The molecule has 35 heavy (non-hydrogen) atoms. The van der Waals surface area contributed by atoms with E-state index in [1.54, 1.807) is 0 Å². The van der Waals surface area contributed by atoms with Crippen molar-refractivity contribution in [1.82, 2.24) is 0 Å². The summed E-state index contributed by atoms with van der Waals surface area (Å²) in [7, 11) is -0.451. The molecule has 198 valence electrons. The van der Waals surface area contributed by atoms with E-state index >= 15 is 0 Å². The number of methoxy groups -OCH3 is 1. The van der Waals surface area contributed by atoms with Crippen LogP contribution in [0.4, 0.5) is 0 Å². The lowest BCUT2D eigenvalue weighted by Crippen LogP contribution is -2.55. The van der Waals surface area contributed by atoms with E-state index in [1.807, 2.05) is 6.08 Å². The molecule has 0 aromatic rings. The summed E-state index contributed by atoms with van der Waals surface area (Å²) in [6, 6.07) is 0. The summed E-state index contributed by atoms with van der Waals surface area (Å²) in [5, 5.41) is 0. The molecule has 4 aliphatic carbocycles. The van der Waals surface area contributed by atoms with E-state index in [1.165, 1.54) is 12.7 Å². The van der Waals surface area contributed by atoms with Crippen LogP contribution >= 0.6 is 0 Å². The van der Waals surface area contributed by atoms with E-state index in [-0.39, 0.29) is 34.7 Å². The highest BCUT2D eigenvalue weighted by molar-refractivity contribution is 6.77. The molecule has 0 radical (unpaired) electrons. The van der Waals surface area contributed by atoms with Crippen molar-refractivity contribution in [3.8, 4) is 0 Å². The van der Waals surface area contributed by atoms with Gasteiger partial charge in [-0.3, -0.25) is 9.59 Å². The maximum atomic E-state index is 13.7. The van der Waals surface area contributed by atoms with Crippen molar-refractivity contribution >= 4 is 20.1 Å². The first kappa shape index (κ1) is 27.1. The number of rotatable bonds is 6. The van der Waals surface area contributed by atoms with Crippen molar-refractivity contribution < 1.29 is 18.8 Å². The second-order valence-electron chi connectivity index (χ2n) is 13.7. The fraction of sp³-hybridized carbons (Fsp3) is 0.867. The molecule has 1 unspecified atom stereocenters. The van der Waals surface area contributed by atoms with Gasteiger partial charge in [-0.2, -0.15) is 0 Å². The zero-order valence-electron chi connectivity index (χ0n) is 23.8. The maximum Gasteiger partial charge on any atom is 0.309 e. The van der Waals surface area contributed by atoms with Gasteiger partial charge in [-0.25, -0.2) is 0 Å². The van der Waals surface area contributed by atoms with Gasteiger partial charge in [-0.15, -0.1) is 0 Å². The first-order chi connectivity index (χ1) is 16.3. The van der Waals surface area contributed by atoms with Gasteiger partial charge in [0, 0.05) is 12.0 Å². The van der Waals surface area contributed by atoms with Gasteiger partial charge in [0.05, 0.1) is 13.0 Å². The number of ether oxygens (including phenoxy) is 1. The summed E-state index contributed by atoms with van der Waals surface area (Å²) in [5.41, 5.74) is 3.05. The van der Waals surface area contributed by atoms with Crippen molar-refractivity contribution in [1.29, 1.82) is 0 Å². The third-order valence-corrected chi connectivity index (χ3v) is 17.6. The van der Waals surface area contributed by atoms with Crippen LogP contribution in [0.1, 0.15) is 100 Å².